The van der Waals surface area contributed by atoms with Crippen LogP contribution >= 0.6 is 15.9 Å². The van der Waals surface area contributed by atoms with Crippen LogP contribution in [0.2, 0.25) is 0 Å². The van der Waals surface area contributed by atoms with Gasteiger partial charge in [0.05, 0.1) is 6.04 Å². The summed E-state index contributed by atoms with van der Waals surface area (Å²) in [6.45, 7) is 7.07. The van der Waals surface area contributed by atoms with E-state index in [1.54, 1.807) is 0 Å². The molecule has 0 bridgehead atoms. The summed E-state index contributed by atoms with van der Waals surface area (Å²) < 4.78 is 6.38. The van der Waals surface area contributed by atoms with Crippen molar-refractivity contribution in [2.75, 3.05) is 6.61 Å². The van der Waals surface area contributed by atoms with Gasteiger partial charge in [0.15, 0.2) is 12.4 Å². The van der Waals surface area contributed by atoms with Gasteiger partial charge in [0.2, 0.25) is 0 Å². The highest BCUT2D eigenvalue weighted by Crippen LogP contribution is 2.22. The third kappa shape index (κ3) is 4.96. The highest BCUT2D eigenvalue weighted by molar-refractivity contribution is 9.10. The summed E-state index contributed by atoms with van der Waals surface area (Å²) in [5.41, 5.74) is 0.952. The molecule has 0 aliphatic carbocycles. The van der Waals surface area contributed by atoms with Crippen molar-refractivity contribution in [2.24, 2.45) is 5.92 Å². The second-order valence-electron chi connectivity index (χ2n) is 5.10. The fraction of sp³-hybridized carbons (Fsp3) is 0.467. The summed E-state index contributed by atoms with van der Waals surface area (Å²) >= 11 is 3.36. The lowest BCUT2D eigenvalue weighted by atomic mass is 10.0. The van der Waals surface area contributed by atoms with Crippen molar-refractivity contribution in [3.8, 4) is 5.75 Å². The summed E-state index contributed by atoms with van der Waals surface area (Å²) in [6, 6.07) is 5.17. The van der Waals surface area contributed by atoms with E-state index in [0.29, 0.717) is 5.75 Å². The Morgan fingerprint density at radius 1 is 1.35 bits per heavy atom. The van der Waals surface area contributed by atoms with E-state index < -0.39 is 6.04 Å². The molecule has 1 aromatic carbocycles. The van der Waals surface area contributed by atoms with Gasteiger partial charge in [-0.1, -0.05) is 35.8 Å². The highest BCUT2D eigenvalue weighted by atomic mass is 79.9. The predicted octanol–water partition coefficient (Wildman–Crippen LogP) is 2.87. The van der Waals surface area contributed by atoms with Gasteiger partial charge < -0.3 is 10.1 Å². The number of halogens is 1. The zero-order chi connectivity index (χ0) is 15.3. The summed E-state index contributed by atoms with van der Waals surface area (Å²) in [7, 11) is 0. The normalized spacial score (nSPS) is 12.1. The van der Waals surface area contributed by atoms with Crippen LogP contribution < -0.4 is 10.1 Å². The van der Waals surface area contributed by atoms with Gasteiger partial charge in [0.1, 0.15) is 5.75 Å². The molecule has 0 heterocycles. The van der Waals surface area contributed by atoms with Gasteiger partial charge in [-0.15, -0.1) is 0 Å². The fourth-order valence-corrected chi connectivity index (χ4v) is 2.17. The minimum atomic E-state index is -0.463. The minimum absolute atomic E-state index is 0.0491. The molecule has 0 aromatic heterocycles. The van der Waals surface area contributed by atoms with Crippen molar-refractivity contribution in [3.63, 3.8) is 0 Å². The number of ether oxygens (including phenoxy) is 1. The molecule has 1 N–H and O–H groups in total. The zero-order valence-corrected chi connectivity index (χ0v) is 13.8. The maximum atomic E-state index is 11.8. The molecule has 0 saturated carbocycles. The van der Waals surface area contributed by atoms with E-state index in [2.05, 4.69) is 21.2 Å². The van der Waals surface area contributed by atoms with Crippen LogP contribution in [0.1, 0.15) is 26.3 Å². The number of ketones is 1. The Morgan fingerprint density at radius 2 is 2.00 bits per heavy atom. The van der Waals surface area contributed by atoms with Crippen LogP contribution in [0, 0.1) is 12.8 Å². The van der Waals surface area contributed by atoms with E-state index in [0.717, 1.165) is 10.0 Å². The second kappa shape index (κ2) is 7.43. The first-order valence-corrected chi connectivity index (χ1v) is 7.29. The first-order valence-electron chi connectivity index (χ1n) is 6.50. The van der Waals surface area contributed by atoms with E-state index >= 15 is 0 Å². The molecule has 0 aliphatic rings. The Kier molecular flexibility index (Phi) is 6.20. The van der Waals surface area contributed by atoms with E-state index in [4.69, 9.17) is 4.74 Å². The number of amides is 1. The monoisotopic (exact) mass is 341 g/mol. The molecule has 1 atom stereocenters. The van der Waals surface area contributed by atoms with Gasteiger partial charge in [-0.3, -0.25) is 9.59 Å². The molecule has 0 fully saturated rings. The maximum Gasteiger partial charge on any atom is 0.258 e. The Hall–Kier alpha value is -1.36. The van der Waals surface area contributed by atoms with Gasteiger partial charge in [-0.2, -0.15) is 0 Å². The Morgan fingerprint density at radius 3 is 2.55 bits per heavy atom. The SMILES string of the molecule is CC(=O)C(NC(=O)COc1cc(Br)ccc1C)C(C)C. The number of rotatable bonds is 6. The summed E-state index contributed by atoms with van der Waals surface area (Å²) in [5.74, 6) is 0.368. The molecule has 1 rings (SSSR count). The summed E-state index contributed by atoms with van der Waals surface area (Å²) in [6.07, 6.45) is 0. The molecule has 20 heavy (non-hydrogen) atoms. The lowest BCUT2D eigenvalue weighted by Crippen LogP contribution is -2.45. The number of aryl methyl sites for hydroxylation is 1. The number of carbonyl (C=O) groups excluding carboxylic acids is 2. The molecular formula is C15H20BrNO3. The lowest BCUT2D eigenvalue weighted by molar-refractivity contribution is -0.129. The van der Waals surface area contributed by atoms with E-state index in [1.165, 1.54) is 6.92 Å². The van der Waals surface area contributed by atoms with Crippen LogP contribution in [0.5, 0.6) is 5.75 Å². The summed E-state index contributed by atoms with van der Waals surface area (Å²) in [5, 5.41) is 2.70. The molecular weight excluding hydrogens is 322 g/mol. The third-order valence-corrected chi connectivity index (χ3v) is 3.42. The van der Waals surface area contributed by atoms with Gasteiger partial charge in [0.25, 0.3) is 5.91 Å². The standard InChI is InChI=1S/C15H20BrNO3/c1-9(2)15(11(4)18)17-14(19)8-20-13-7-12(16)6-5-10(13)3/h5-7,9,15H,8H2,1-4H3,(H,17,19). The molecule has 1 amide bonds. The van der Waals surface area contributed by atoms with E-state index in [9.17, 15) is 9.59 Å². The smallest absolute Gasteiger partial charge is 0.258 e. The number of carbonyl (C=O) groups is 2. The van der Waals surface area contributed by atoms with Crippen molar-refractivity contribution in [1.82, 2.24) is 5.32 Å². The molecule has 0 saturated heterocycles. The van der Waals surface area contributed by atoms with Crippen LogP contribution in [-0.4, -0.2) is 24.3 Å². The van der Waals surface area contributed by atoms with Gasteiger partial charge >= 0.3 is 0 Å². The molecule has 5 heteroatoms. The largest absolute Gasteiger partial charge is 0.483 e. The summed E-state index contributed by atoms with van der Waals surface area (Å²) in [4.78, 5) is 23.3. The first kappa shape index (κ1) is 16.7. The minimum Gasteiger partial charge on any atom is -0.483 e. The quantitative estimate of drug-likeness (QED) is 0.865. The van der Waals surface area contributed by atoms with Crippen molar-refractivity contribution < 1.29 is 14.3 Å². The van der Waals surface area contributed by atoms with Crippen LogP contribution in [0.4, 0.5) is 0 Å². The Balaban J connectivity index is 2.59. The fourth-order valence-electron chi connectivity index (χ4n) is 1.83. The number of hydrogen-bond donors (Lipinski definition) is 1. The second-order valence-corrected chi connectivity index (χ2v) is 6.01. The van der Waals surface area contributed by atoms with E-state index in [1.807, 2.05) is 39.0 Å². The van der Waals surface area contributed by atoms with E-state index in [-0.39, 0.29) is 24.2 Å². The Bertz CT molecular complexity index is 500. The maximum absolute atomic E-state index is 11.8. The van der Waals surface area contributed by atoms with Gasteiger partial charge in [0, 0.05) is 4.47 Å². The molecule has 110 valence electrons. The third-order valence-electron chi connectivity index (χ3n) is 2.93. The Labute approximate surface area is 128 Å². The molecule has 1 unspecified atom stereocenters. The average Bonchev–Trinajstić information content (AvgIpc) is 2.36. The number of nitrogens with one attached hydrogen (secondary N) is 1. The van der Waals surface area contributed by atoms with Crippen LogP contribution in [0.25, 0.3) is 0 Å². The highest BCUT2D eigenvalue weighted by Gasteiger charge is 2.20. The van der Waals surface area contributed by atoms with Crippen molar-refractivity contribution in [1.29, 1.82) is 0 Å². The molecule has 0 spiro atoms. The molecule has 0 aliphatic heterocycles. The van der Waals surface area contributed by atoms with Crippen LogP contribution in [0.3, 0.4) is 0 Å². The topological polar surface area (TPSA) is 55.4 Å². The molecule has 4 nitrogen and oxygen atoms in total. The van der Waals surface area contributed by atoms with Crippen LogP contribution in [0.15, 0.2) is 22.7 Å². The lowest BCUT2D eigenvalue weighted by Gasteiger charge is -2.19. The van der Waals surface area contributed by atoms with Crippen molar-refractivity contribution in [3.05, 3.63) is 28.2 Å². The number of hydrogen-bond acceptors (Lipinski definition) is 3. The molecule has 0 radical (unpaired) electrons. The first-order chi connectivity index (χ1) is 9.31. The number of Topliss-reactive ketones (excluding diaryl/α,β-unsaturated/α-hetero) is 1. The molecule has 1 aromatic rings. The van der Waals surface area contributed by atoms with Crippen LogP contribution in [-0.2, 0) is 9.59 Å². The van der Waals surface area contributed by atoms with Gasteiger partial charge in [-0.25, -0.2) is 0 Å². The van der Waals surface area contributed by atoms with Crippen molar-refractivity contribution in [2.45, 2.75) is 33.7 Å². The van der Waals surface area contributed by atoms with Crippen molar-refractivity contribution >= 4 is 27.6 Å². The zero-order valence-electron chi connectivity index (χ0n) is 12.2. The average molecular weight is 342 g/mol. The number of benzene rings is 1. The predicted molar refractivity (Wildman–Crippen MR) is 81.8 cm³/mol. The van der Waals surface area contributed by atoms with Gasteiger partial charge in [-0.05, 0) is 37.5 Å².